The van der Waals surface area contributed by atoms with Gasteiger partial charge >= 0.3 is 0 Å². The summed E-state index contributed by atoms with van der Waals surface area (Å²) < 4.78 is 7.19. The van der Waals surface area contributed by atoms with E-state index in [1.807, 2.05) is 6.07 Å². The minimum atomic E-state index is 0.187. The molecule has 0 radical (unpaired) electrons. The van der Waals surface area contributed by atoms with Crippen molar-refractivity contribution in [1.29, 1.82) is 0 Å². The number of aryl methyl sites for hydroxylation is 1. The first-order chi connectivity index (χ1) is 9.15. The first-order valence-electron chi connectivity index (χ1n) is 6.69. The number of carbonyl (C=O) groups is 1. The Kier molecular flexibility index (Phi) is 7.22. The van der Waals surface area contributed by atoms with Crippen molar-refractivity contribution in [3.8, 4) is 0 Å². The lowest BCUT2D eigenvalue weighted by Gasteiger charge is -2.12. The van der Waals surface area contributed by atoms with Gasteiger partial charge in [-0.2, -0.15) is 0 Å². The summed E-state index contributed by atoms with van der Waals surface area (Å²) in [6, 6.07) is 4.15. The predicted octanol–water partition coefficient (Wildman–Crippen LogP) is 1.09. The second-order valence-corrected chi connectivity index (χ2v) is 4.75. The molecule has 1 aromatic heterocycles. The number of ether oxygens (including phenoxy) is 1. The zero-order valence-corrected chi connectivity index (χ0v) is 12.2. The van der Waals surface area contributed by atoms with Crippen LogP contribution >= 0.6 is 0 Å². The number of rotatable bonds is 9. The minimum absolute atomic E-state index is 0.187. The molecule has 0 aliphatic heterocycles. The van der Waals surface area contributed by atoms with E-state index in [0.717, 1.165) is 32.7 Å². The number of methoxy groups -OCH3 is 1. The van der Waals surface area contributed by atoms with Crippen LogP contribution in [0.5, 0.6) is 0 Å². The fourth-order valence-electron chi connectivity index (χ4n) is 1.84. The van der Waals surface area contributed by atoms with Crippen LogP contribution in [0.4, 0.5) is 0 Å². The van der Waals surface area contributed by atoms with Gasteiger partial charge in [0.05, 0.1) is 6.61 Å². The third kappa shape index (κ3) is 5.89. The van der Waals surface area contributed by atoms with Gasteiger partial charge in [-0.25, -0.2) is 0 Å². The molecule has 5 nitrogen and oxygen atoms in total. The van der Waals surface area contributed by atoms with Crippen LogP contribution in [0.15, 0.2) is 18.3 Å². The van der Waals surface area contributed by atoms with Gasteiger partial charge in [0.1, 0.15) is 0 Å². The number of hydrogen-bond donors (Lipinski definition) is 1. The Morgan fingerprint density at radius 1 is 1.47 bits per heavy atom. The molecule has 0 aliphatic carbocycles. The second-order valence-electron chi connectivity index (χ2n) is 4.75. The summed E-state index contributed by atoms with van der Waals surface area (Å²) in [4.78, 5) is 13.1. The summed E-state index contributed by atoms with van der Waals surface area (Å²) in [5, 5.41) is 3.33. The van der Waals surface area contributed by atoms with Gasteiger partial charge in [0.2, 0.25) is 5.91 Å². The zero-order valence-electron chi connectivity index (χ0n) is 12.2. The van der Waals surface area contributed by atoms with Crippen LogP contribution in [0.3, 0.4) is 0 Å². The predicted molar refractivity (Wildman–Crippen MR) is 75.9 cm³/mol. The highest BCUT2D eigenvalue weighted by Crippen LogP contribution is 2.05. The number of aromatic nitrogens is 1. The van der Waals surface area contributed by atoms with Crippen molar-refractivity contribution >= 4 is 5.91 Å². The second kappa shape index (κ2) is 8.72. The first kappa shape index (κ1) is 15.7. The highest BCUT2D eigenvalue weighted by atomic mass is 16.5. The van der Waals surface area contributed by atoms with Gasteiger partial charge in [-0.3, -0.25) is 4.79 Å². The third-order valence-corrected chi connectivity index (χ3v) is 3.00. The lowest BCUT2D eigenvalue weighted by Crippen LogP contribution is -2.22. The number of nitrogens with zero attached hydrogens (tertiary/aromatic N) is 2. The van der Waals surface area contributed by atoms with Crippen molar-refractivity contribution in [1.82, 2.24) is 14.8 Å². The van der Waals surface area contributed by atoms with E-state index in [1.165, 1.54) is 5.69 Å². The van der Waals surface area contributed by atoms with Gasteiger partial charge < -0.3 is 19.5 Å². The molecule has 1 aromatic rings. The Balaban J connectivity index is 2.30. The van der Waals surface area contributed by atoms with Crippen molar-refractivity contribution in [3.63, 3.8) is 0 Å². The largest absolute Gasteiger partial charge is 0.383 e. The molecule has 19 heavy (non-hydrogen) atoms. The van der Waals surface area contributed by atoms with E-state index < -0.39 is 0 Å². The topological polar surface area (TPSA) is 46.5 Å². The van der Waals surface area contributed by atoms with Gasteiger partial charge in [0, 0.05) is 59.2 Å². The maximum absolute atomic E-state index is 11.5. The molecular weight excluding hydrogens is 242 g/mol. The minimum Gasteiger partial charge on any atom is -0.383 e. The molecular formula is C14H25N3O2. The van der Waals surface area contributed by atoms with E-state index in [2.05, 4.69) is 22.1 Å². The van der Waals surface area contributed by atoms with E-state index in [4.69, 9.17) is 4.74 Å². The Bertz CT molecular complexity index is 375. The maximum Gasteiger partial charge on any atom is 0.222 e. The van der Waals surface area contributed by atoms with E-state index >= 15 is 0 Å². The number of amides is 1. The Labute approximate surface area is 115 Å². The summed E-state index contributed by atoms with van der Waals surface area (Å²) in [5.41, 5.74) is 1.24. The van der Waals surface area contributed by atoms with E-state index in [1.54, 1.807) is 26.1 Å². The quantitative estimate of drug-likeness (QED) is 0.681. The molecule has 0 saturated heterocycles. The lowest BCUT2D eigenvalue weighted by molar-refractivity contribution is -0.128. The highest BCUT2D eigenvalue weighted by molar-refractivity contribution is 5.75. The number of hydrogen-bond acceptors (Lipinski definition) is 3. The summed E-state index contributed by atoms with van der Waals surface area (Å²) in [7, 11) is 5.29. The van der Waals surface area contributed by atoms with Crippen molar-refractivity contribution in [2.75, 3.05) is 34.4 Å². The molecule has 1 rings (SSSR count). The monoisotopic (exact) mass is 267 g/mol. The SMILES string of the molecule is COCCNCc1cccn1CCCC(=O)N(C)C. The summed E-state index contributed by atoms with van der Waals surface area (Å²) in [5.74, 6) is 0.187. The summed E-state index contributed by atoms with van der Waals surface area (Å²) in [6.07, 6.45) is 3.53. The summed E-state index contributed by atoms with van der Waals surface area (Å²) in [6.45, 7) is 3.28. The lowest BCUT2D eigenvalue weighted by atomic mass is 10.3. The average molecular weight is 267 g/mol. The van der Waals surface area contributed by atoms with Crippen LogP contribution < -0.4 is 5.32 Å². The van der Waals surface area contributed by atoms with Gasteiger partial charge in [0.25, 0.3) is 0 Å². The Hall–Kier alpha value is -1.33. The van der Waals surface area contributed by atoms with E-state index in [0.29, 0.717) is 6.42 Å². The Morgan fingerprint density at radius 2 is 2.26 bits per heavy atom. The van der Waals surface area contributed by atoms with Crippen molar-refractivity contribution in [3.05, 3.63) is 24.0 Å². The fourth-order valence-corrected chi connectivity index (χ4v) is 1.84. The molecule has 1 N–H and O–H groups in total. The molecule has 1 heterocycles. The molecule has 0 aliphatic rings. The van der Waals surface area contributed by atoms with Crippen LogP contribution in [0.25, 0.3) is 0 Å². The first-order valence-corrected chi connectivity index (χ1v) is 6.69. The van der Waals surface area contributed by atoms with Gasteiger partial charge in [-0.1, -0.05) is 0 Å². The standard InChI is InChI=1S/C14H25N3O2/c1-16(2)14(18)7-5-10-17-9-4-6-13(17)12-15-8-11-19-3/h4,6,9,15H,5,7-8,10-12H2,1-3H3. The van der Waals surface area contributed by atoms with E-state index in [-0.39, 0.29) is 5.91 Å². The van der Waals surface area contributed by atoms with Gasteiger partial charge in [-0.15, -0.1) is 0 Å². The Morgan fingerprint density at radius 3 is 2.95 bits per heavy atom. The van der Waals surface area contributed by atoms with Crippen LogP contribution in [-0.4, -0.2) is 49.7 Å². The molecule has 0 unspecified atom stereocenters. The average Bonchev–Trinajstić information content (AvgIpc) is 2.82. The molecule has 0 bridgehead atoms. The van der Waals surface area contributed by atoms with Gasteiger partial charge in [0.15, 0.2) is 0 Å². The van der Waals surface area contributed by atoms with Gasteiger partial charge in [-0.05, 0) is 18.6 Å². The molecule has 108 valence electrons. The van der Waals surface area contributed by atoms with Crippen molar-refractivity contribution in [2.24, 2.45) is 0 Å². The number of carbonyl (C=O) groups excluding carboxylic acids is 1. The third-order valence-electron chi connectivity index (χ3n) is 3.00. The maximum atomic E-state index is 11.5. The van der Waals surface area contributed by atoms with E-state index in [9.17, 15) is 4.79 Å². The molecule has 0 fully saturated rings. The van der Waals surface area contributed by atoms with Crippen LogP contribution in [0.1, 0.15) is 18.5 Å². The molecule has 0 aromatic carbocycles. The highest BCUT2D eigenvalue weighted by Gasteiger charge is 2.05. The van der Waals surface area contributed by atoms with Crippen LogP contribution in [0.2, 0.25) is 0 Å². The van der Waals surface area contributed by atoms with Crippen LogP contribution in [0, 0.1) is 0 Å². The molecule has 1 amide bonds. The number of nitrogens with one attached hydrogen (secondary N) is 1. The normalized spacial score (nSPS) is 10.7. The van der Waals surface area contributed by atoms with Crippen molar-refractivity contribution < 1.29 is 9.53 Å². The van der Waals surface area contributed by atoms with Crippen LogP contribution in [-0.2, 0) is 22.6 Å². The summed E-state index contributed by atoms with van der Waals surface area (Å²) >= 11 is 0. The molecule has 5 heteroatoms. The molecule has 0 saturated carbocycles. The fraction of sp³-hybridized carbons (Fsp3) is 0.643. The molecule has 0 atom stereocenters. The zero-order chi connectivity index (χ0) is 14.1. The smallest absolute Gasteiger partial charge is 0.222 e. The molecule has 0 spiro atoms. The van der Waals surface area contributed by atoms with Crippen molar-refractivity contribution in [2.45, 2.75) is 25.9 Å².